The van der Waals surface area contributed by atoms with Gasteiger partial charge in [-0.2, -0.15) is 4.99 Å². The highest BCUT2D eigenvalue weighted by Gasteiger charge is 2.17. The summed E-state index contributed by atoms with van der Waals surface area (Å²) in [4.78, 5) is 31.4. The zero-order valence-corrected chi connectivity index (χ0v) is 14.8. The number of nitrogen functional groups attached to an aromatic ring is 1. The van der Waals surface area contributed by atoms with Crippen molar-refractivity contribution in [1.29, 1.82) is 0 Å². The number of hydrogen-bond donors (Lipinski definition) is 4. The zero-order valence-electron chi connectivity index (χ0n) is 14.8. The highest BCUT2D eigenvalue weighted by Crippen LogP contribution is 2.20. The maximum atomic E-state index is 12.2. The summed E-state index contributed by atoms with van der Waals surface area (Å²) in [5.74, 6) is -0.480. The number of amides is 2. The number of fused-ring (bicyclic) bond motifs is 1. The highest BCUT2D eigenvalue weighted by atomic mass is 16.3. The largest absolute Gasteiger partial charge is 0.398 e. The van der Waals surface area contributed by atoms with Crippen molar-refractivity contribution >= 4 is 29.0 Å². The molecule has 0 saturated heterocycles. The lowest BCUT2D eigenvalue weighted by atomic mass is 10.1. The summed E-state index contributed by atoms with van der Waals surface area (Å²) in [7, 11) is 1.46. The number of hydrogen-bond acceptors (Lipinski definition) is 6. The van der Waals surface area contributed by atoms with Gasteiger partial charge in [0.15, 0.2) is 11.2 Å². The second-order valence-corrected chi connectivity index (χ2v) is 5.90. The molecule has 0 saturated carbocycles. The Morgan fingerprint density at radius 2 is 2.19 bits per heavy atom. The van der Waals surface area contributed by atoms with Gasteiger partial charge in [-0.15, -0.1) is 0 Å². The first-order valence-corrected chi connectivity index (χ1v) is 8.22. The van der Waals surface area contributed by atoms with Gasteiger partial charge in [-0.1, -0.05) is 0 Å². The molecule has 26 heavy (non-hydrogen) atoms. The summed E-state index contributed by atoms with van der Waals surface area (Å²) >= 11 is 0. The molecule has 0 aliphatic carbocycles. The fourth-order valence-corrected chi connectivity index (χ4v) is 2.66. The molecule has 2 rings (SSSR count). The Bertz CT molecular complexity index is 891. The number of aliphatic hydroxyl groups excluding tert-OH is 2. The fraction of sp³-hybridized carbons (Fsp3) is 0.412. The average Bonchev–Trinajstić information content (AvgIpc) is 2.61. The summed E-state index contributed by atoms with van der Waals surface area (Å²) in [5, 5.41) is 21.4. The number of aromatic nitrogens is 2. The van der Waals surface area contributed by atoms with Crippen LogP contribution in [0.15, 0.2) is 17.1 Å². The number of aryl methyl sites for hydroxylation is 2. The van der Waals surface area contributed by atoms with Gasteiger partial charge in [0, 0.05) is 25.9 Å². The molecule has 1 heterocycles. The quantitative estimate of drug-likeness (QED) is 0.386. The number of carbonyl (C=O) groups excluding carboxylic acids is 2. The molecule has 2 aromatic rings. The smallest absolute Gasteiger partial charge is 0.273 e. The number of carbonyl (C=O) groups is 2. The van der Waals surface area contributed by atoms with Crippen LogP contribution in [0.3, 0.4) is 0 Å². The Labute approximate surface area is 150 Å². The van der Waals surface area contributed by atoms with Crippen LogP contribution in [0, 0.1) is 6.92 Å². The molecule has 140 valence electrons. The molecule has 9 nitrogen and oxygen atoms in total. The number of nitrogens with zero attached hydrogens (tertiary/aromatic N) is 3. The molecule has 0 radical (unpaired) electrons. The van der Waals surface area contributed by atoms with Gasteiger partial charge in [-0.3, -0.25) is 9.59 Å². The molecule has 1 aromatic carbocycles. The van der Waals surface area contributed by atoms with E-state index >= 15 is 0 Å². The minimum atomic E-state index is -0.731. The standard InChI is InChI=1S/C17H23N5O4/c1-10-7-13-14(8-12(10)18)22(5-3-11(25)4-6-23)16(20-9-24)15(21-13)17(26)19-2/h7-9,11,23,25H,3-6,18H2,1-2H3,(H,19,26). The van der Waals surface area contributed by atoms with Gasteiger partial charge >= 0.3 is 0 Å². The van der Waals surface area contributed by atoms with Gasteiger partial charge in [0.2, 0.25) is 6.41 Å². The summed E-state index contributed by atoms with van der Waals surface area (Å²) in [5.41, 5.74) is 8.56. The van der Waals surface area contributed by atoms with E-state index in [2.05, 4.69) is 15.3 Å². The fourth-order valence-electron chi connectivity index (χ4n) is 2.66. The number of nitrogens with one attached hydrogen (secondary N) is 1. The van der Waals surface area contributed by atoms with Crippen molar-refractivity contribution in [2.24, 2.45) is 4.99 Å². The summed E-state index contributed by atoms with van der Waals surface area (Å²) in [6.07, 6.45) is 0.138. The number of anilines is 1. The van der Waals surface area contributed by atoms with E-state index in [0.717, 1.165) is 5.56 Å². The molecule has 0 aliphatic rings. The lowest BCUT2D eigenvalue weighted by Gasteiger charge is -2.17. The predicted molar refractivity (Wildman–Crippen MR) is 96.2 cm³/mol. The lowest BCUT2D eigenvalue weighted by molar-refractivity contribution is -0.107. The van der Waals surface area contributed by atoms with Crippen molar-refractivity contribution in [3.63, 3.8) is 0 Å². The Kier molecular flexibility index (Phi) is 6.42. The number of aliphatic hydroxyl groups is 2. The summed E-state index contributed by atoms with van der Waals surface area (Å²) < 4.78 is 1.64. The third-order valence-corrected chi connectivity index (χ3v) is 4.12. The van der Waals surface area contributed by atoms with E-state index in [-0.39, 0.29) is 30.8 Å². The molecule has 1 aromatic heterocycles. The maximum Gasteiger partial charge on any atom is 0.273 e. The van der Waals surface area contributed by atoms with E-state index in [0.29, 0.717) is 29.6 Å². The van der Waals surface area contributed by atoms with Crippen LogP contribution in [0.2, 0.25) is 0 Å². The van der Waals surface area contributed by atoms with Crippen LogP contribution in [0.25, 0.3) is 11.0 Å². The first kappa shape index (κ1) is 19.5. The normalized spacial score (nSPS) is 13.0. The van der Waals surface area contributed by atoms with E-state index in [1.807, 2.05) is 6.92 Å². The van der Waals surface area contributed by atoms with Gasteiger partial charge in [-0.25, -0.2) is 4.98 Å². The molecule has 0 bridgehead atoms. The zero-order chi connectivity index (χ0) is 19.3. The van der Waals surface area contributed by atoms with Gasteiger partial charge in [0.05, 0.1) is 17.1 Å². The van der Waals surface area contributed by atoms with Crippen molar-refractivity contribution < 1.29 is 19.8 Å². The monoisotopic (exact) mass is 361 g/mol. The minimum Gasteiger partial charge on any atom is -0.398 e. The van der Waals surface area contributed by atoms with Crippen LogP contribution in [-0.4, -0.2) is 51.8 Å². The average molecular weight is 361 g/mol. The summed E-state index contributed by atoms with van der Waals surface area (Å²) in [6.45, 7) is 1.96. The molecule has 9 heteroatoms. The molecule has 2 amide bonds. The van der Waals surface area contributed by atoms with Crippen molar-refractivity contribution in [2.75, 3.05) is 19.4 Å². The van der Waals surface area contributed by atoms with Crippen LogP contribution in [0.4, 0.5) is 5.69 Å². The van der Waals surface area contributed by atoms with Crippen molar-refractivity contribution in [3.05, 3.63) is 28.9 Å². The Balaban J connectivity index is 2.75. The van der Waals surface area contributed by atoms with E-state index in [1.165, 1.54) is 7.05 Å². The molecule has 5 N–H and O–H groups in total. The van der Waals surface area contributed by atoms with Gasteiger partial charge in [0.25, 0.3) is 5.91 Å². The van der Waals surface area contributed by atoms with E-state index in [9.17, 15) is 14.7 Å². The molecule has 1 atom stereocenters. The van der Waals surface area contributed by atoms with Crippen molar-refractivity contribution in [3.8, 4) is 0 Å². The first-order chi connectivity index (χ1) is 12.4. The minimum absolute atomic E-state index is 0.00733. The maximum absolute atomic E-state index is 12.2. The van der Waals surface area contributed by atoms with Gasteiger partial charge < -0.3 is 25.8 Å². The second-order valence-electron chi connectivity index (χ2n) is 5.90. The Morgan fingerprint density at radius 1 is 1.46 bits per heavy atom. The second kappa shape index (κ2) is 8.54. The number of benzene rings is 1. The lowest BCUT2D eigenvalue weighted by Crippen LogP contribution is -2.35. The van der Waals surface area contributed by atoms with E-state index in [1.54, 1.807) is 16.7 Å². The van der Waals surface area contributed by atoms with Crippen LogP contribution >= 0.6 is 0 Å². The molecule has 0 spiro atoms. The Morgan fingerprint density at radius 3 is 2.81 bits per heavy atom. The number of nitrogens with two attached hydrogens (primary N) is 1. The topological polar surface area (TPSA) is 143 Å². The Hall–Kier alpha value is -2.78. The summed E-state index contributed by atoms with van der Waals surface area (Å²) in [6, 6.07) is 3.45. The van der Waals surface area contributed by atoms with Crippen LogP contribution in [0.1, 0.15) is 28.9 Å². The van der Waals surface area contributed by atoms with Gasteiger partial charge in [-0.05, 0) is 37.5 Å². The van der Waals surface area contributed by atoms with Crippen molar-refractivity contribution in [1.82, 2.24) is 14.9 Å². The molecular formula is C17H23N5O4. The van der Waals surface area contributed by atoms with E-state index in [4.69, 9.17) is 10.8 Å². The van der Waals surface area contributed by atoms with Crippen LogP contribution in [-0.2, 0) is 11.3 Å². The van der Waals surface area contributed by atoms with E-state index < -0.39 is 12.0 Å². The molecule has 1 unspecified atom stereocenters. The van der Waals surface area contributed by atoms with Crippen molar-refractivity contribution in [2.45, 2.75) is 32.4 Å². The highest BCUT2D eigenvalue weighted by molar-refractivity contribution is 5.94. The first-order valence-electron chi connectivity index (χ1n) is 8.22. The van der Waals surface area contributed by atoms with Crippen LogP contribution < -0.4 is 16.5 Å². The predicted octanol–water partition coefficient (Wildman–Crippen LogP) is -0.523. The SMILES string of the molecule is CNC(=O)c1nc2cc(C)c(N)cc2n(CCC(O)CCO)c1=NC=O. The van der Waals surface area contributed by atoms with Gasteiger partial charge in [0.1, 0.15) is 0 Å². The molecule has 0 aliphatic heterocycles. The molecule has 0 fully saturated rings. The van der Waals surface area contributed by atoms with Crippen LogP contribution in [0.5, 0.6) is 0 Å². The third-order valence-electron chi connectivity index (χ3n) is 4.12. The molecular weight excluding hydrogens is 338 g/mol. The third kappa shape index (κ3) is 4.06. The number of rotatable bonds is 7.